The number of hydrogen-bond acceptors (Lipinski definition) is 0. The molecule has 0 atom stereocenters. The summed E-state index contributed by atoms with van der Waals surface area (Å²) in [6, 6.07) is 14.1. The van der Waals surface area contributed by atoms with E-state index in [0.29, 0.717) is 0 Å². The fourth-order valence-electron chi connectivity index (χ4n) is 3.70. The summed E-state index contributed by atoms with van der Waals surface area (Å²) in [4.78, 5) is 0. The molecule has 0 aliphatic carbocycles. The fourth-order valence-corrected chi connectivity index (χ4v) is 3.70. The largest absolute Gasteiger partial charge is 0.0613 e. The maximum atomic E-state index is 2.42. The Bertz CT molecular complexity index is 753. The van der Waals surface area contributed by atoms with Gasteiger partial charge in [0, 0.05) is 0 Å². The van der Waals surface area contributed by atoms with Gasteiger partial charge in [-0.25, -0.2) is 0 Å². The van der Waals surface area contributed by atoms with Gasteiger partial charge in [-0.1, -0.05) is 64.1 Å². The van der Waals surface area contributed by atoms with Gasteiger partial charge in [0.1, 0.15) is 0 Å². The van der Waals surface area contributed by atoms with Crippen LogP contribution in [0.4, 0.5) is 0 Å². The number of aryl methyl sites for hydroxylation is 4. The molecule has 0 heterocycles. The Labute approximate surface area is 134 Å². The Kier molecular flexibility index (Phi) is 4.20. The van der Waals surface area contributed by atoms with Crippen molar-refractivity contribution in [3.05, 3.63) is 58.7 Å². The monoisotopic (exact) mass is 290 g/mol. The van der Waals surface area contributed by atoms with Crippen LogP contribution >= 0.6 is 0 Å². The summed E-state index contributed by atoms with van der Waals surface area (Å²) in [6.45, 7) is 9.04. The van der Waals surface area contributed by atoms with Gasteiger partial charge in [0.15, 0.2) is 0 Å². The van der Waals surface area contributed by atoms with Crippen LogP contribution in [-0.4, -0.2) is 0 Å². The molecule has 3 rings (SSSR count). The van der Waals surface area contributed by atoms with Crippen molar-refractivity contribution in [1.29, 1.82) is 0 Å². The van der Waals surface area contributed by atoms with Gasteiger partial charge in [-0.15, -0.1) is 0 Å². The van der Waals surface area contributed by atoms with Crippen LogP contribution in [-0.2, 0) is 25.7 Å². The topological polar surface area (TPSA) is 0 Å². The summed E-state index contributed by atoms with van der Waals surface area (Å²) in [5.41, 5.74) is 5.91. The molecular weight excluding hydrogens is 264 g/mol. The molecule has 22 heavy (non-hydrogen) atoms. The molecule has 0 amide bonds. The smallest absolute Gasteiger partial charge is 0.0140 e. The standard InChI is InChI=1S/C22H26/c1-5-15-9-11-19-18(8-4)22-14-16(6-2)10-12-20(22)17(7-3)21(19)13-15/h9-14H,5-8H2,1-4H3. The highest BCUT2D eigenvalue weighted by Crippen LogP contribution is 2.35. The minimum Gasteiger partial charge on any atom is -0.0613 e. The molecule has 0 heteroatoms. The van der Waals surface area contributed by atoms with Crippen molar-refractivity contribution in [2.24, 2.45) is 0 Å². The van der Waals surface area contributed by atoms with Crippen LogP contribution in [0.5, 0.6) is 0 Å². The van der Waals surface area contributed by atoms with Crippen LogP contribution in [0.25, 0.3) is 21.5 Å². The molecule has 0 unspecified atom stereocenters. The highest BCUT2D eigenvalue weighted by Gasteiger charge is 2.12. The van der Waals surface area contributed by atoms with Gasteiger partial charge in [-0.3, -0.25) is 0 Å². The van der Waals surface area contributed by atoms with E-state index >= 15 is 0 Å². The quantitative estimate of drug-likeness (QED) is 0.499. The first kappa shape index (κ1) is 15.1. The summed E-state index contributed by atoms with van der Waals surface area (Å²) >= 11 is 0. The van der Waals surface area contributed by atoms with Gasteiger partial charge in [-0.05, 0) is 69.5 Å². The Balaban J connectivity index is 2.50. The molecular formula is C22H26. The lowest BCUT2D eigenvalue weighted by Gasteiger charge is -2.17. The molecule has 0 spiro atoms. The number of rotatable bonds is 4. The average Bonchev–Trinajstić information content (AvgIpc) is 2.58. The Hall–Kier alpha value is -1.82. The van der Waals surface area contributed by atoms with Gasteiger partial charge in [0.05, 0.1) is 0 Å². The molecule has 0 saturated heterocycles. The van der Waals surface area contributed by atoms with Crippen molar-refractivity contribution in [3.63, 3.8) is 0 Å². The lowest BCUT2D eigenvalue weighted by atomic mass is 9.87. The summed E-state index contributed by atoms with van der Waals surface area (Å²) in [5.74, 6) is 0. The Morgan fingerprint density at radius 3 is 1.23 bits per heavy atom. The first-order valence-corrected chi connectivity index (χ1v) is 8.72. The predicted molar refractivity (Wildman–Crippen MR) is 99.0 cm³/mol. The van der Waals surface area contributed by atoms with Crippen molar-refractivity contribution in [2.45, 2.75) is 53.4 Å². The minimum atomic E-state index is 1.09. The van der Waals surface area contributed by atoms with E-state index in [2.05, 4.69) is 64.1 Å². The highest BCUT2D eigenvalue weighted by molar-refractivity contribution is 6.06. The van der Waals surface area contributed by atoms with Crippen molar-refractivity contribution in [3.8, 4) is 0 Å². The van der Waals surface area contributed by atoms with Gasteiger partial charge in [-0.2, -0.15) is 0 Å². The van der Waals surface area contributed by atoms with E-state index in [4.69, 9.17) is 0 Å². The van der Waals surface area contributed by atoms with Crippen LogP contribution in [0.3, 0.4) is 0 Å². The van der Waals surface area contributed by atoms with Crippen molar-refractivity contribution in [2.75, 3.05) is 0 Å². The molecule has 114 valence electrons. The van der Waals surface area contributed by atoms with Crippen LogP contribution in [0.1, 0.15) is 49.9 Å². The van der Waals surface area contributed by atoms with Gasteiger partial charge in [0.25, 0.3) is 0 Å². The molecule has 0 radical (unpaired) electrons. The third kappa shape index (κ3) is 2.31. The zero-order chi connectivity index (χ0) is 15.7. The van der Waals surface area contributed by atoms with E-state index in [1.54, 1.807) is 0 Å². The molecule has 3 aromatic rings. The van der Waals surface area contributed by atoms with Crippen molar-refractivity contribution >= 4 is 21.5 Å². The van der Waals surface area contributed by atoms with E-state index in [1.807, 2.05) is 0 Å². The molecule has 0 fully saturated rings. The molecule has 0 aliphatic rings. The molecule has 0 aromatic heterocycles. The van der Waals surface area contributed by atoms with E-state index in [1.165, 1.54) is 43.8 Å². The maximum absolute atomic E-state index is 2.42. The summed E-state index contributed by atoms with van der Waals surface area (Å²) < 4.78 is 0. The second kappa shape index (κ2) is 6.12. The summed E-state index contributed by atoms with van der Waals surface area (Å²) in [5, 5.41) is 5.85. The second-order valence-electron chi connectivity index (χ2n) is 6.13. The number of fused-ring (bicyclic) bond motifs is 2. The molecule has 3 aromatic carbocycles. The van der Waals surface area contributed by atoms with Gasteiger partial charge < -0.3 is 0 Å². The third-order valence-electron chi connectivity index (χ3n) is 4.99. The zero-order valence-electron chi connectivity index (χ0n) is 14.3. The molecule has 0 saturated carbocycles. The van der Waals surface area contributed by atoms with Crippen LogP contribution < -0.4 is 0 Å². The summed E-state index contributed by atoms with van der Waals surface area (Å²) in [6.07, 6.45) is 4.39. The first-order valence-electron chi connectivity index (χ1n) is 8.72. The van der Waals surface area contributed by atoms with Gasteiger partial charge in [0.2, 0.25) is 0 Å². The average molecular weight is 290 g/mol. The Morgan fingerprint density at radius 1 is 0.500 bits per heavy atom. The normalized spacial score (nSPS) is 11.5. The lowest BCUT2D eigenvalue weighted by molar-refractivity contribution is 1.12. The highest BCUT2D eigenvalue weighted by atomic mass is 14.2. The molecule has 0 aliphatic heterocycles. The van der Waals surface area contributed by atoms with Crippen LogP contribution in [0.15, 0.2) is 36.4 Å². The lowest BCUT2D eigenvalue weighted by Crippen LogP contribution is -1.96. The first-order chi connectivity index (χ1) is 10.7. The molecule has 0 N–H and O–H groups in total. The van der Waals surface area contributed by atoms with E-state index < -0.39 is 0 Å². The number of hydrogen-bond donors (Lipinski definition) is 0. The van der Waals surface area contributed by atoms with Crippen molar-refractivity contribution in [1.82, 2.24) is 0 Å². The number of benzene rings is 3. The zero-order valence-corrected chi connectivity index (χ0v) is 14.3. The maximum Gasteiger partial charge on any atom is -0.0140 e. The fraction of sp³-hybridized carbons (Fsp3) is 0.364. The summed E-state index contributed by atoms with van der Waals surface area (Å²) in [7, 11) is 0. The predicted octanol–water partition coefficient (Wildman–Crippen LogP) is 6.24. The van der Waals surface area contributed by atoms with E-state index in [0.717, 1.165) is 25.7 Å². The van der Waals surface area contributed by atoms with Crippen LogP contribution in [0, 0.1) is 0 Å². The van der Waals surface area contributed by atoms with Crippen molar-refractivity contribution < 1.29 is 0 Å². The third-order valence-corrected chi connectivity index (χ3v) is 4.99. The SMILES string of the molecule is CCc1ccc2c(CC)c3cc(CC)ccc3c(CC)c2c1. The van der Waals surface area contributed by atoms with Gasteiger partial charge >= 0.3 is 0 Å². The van der Waals surface area contributed by atoms with E-state index in [-0.39, 0.29) is 0 Å². The molecule has 0 nitrogen and oxygen atoms in total. The van der Waals surface area contributed by atoms with Crippen LogP contribution in [0.2, 0.25) is 0 Å². The molecule has 0 bridgehead atoms. The Morgan fingerprint density at radius 2 is 0.909 bits per heavy atom. The van der Waals surface area contributed by atoms with E-state index in [9.17, 15) is 0 Å². The minimum absolute atomic E-state index is 1.09. The second-order valence-corrected chi connectivity index (χ2v) is 6.13.